The number of ether oxygens (including phenoxy) is 1. The molecule has 1 aromatic carbocycles. The van der Waals surface area contributed by atoms with Crippen LogP contribution in [0.3, 0.4) is 0 Å². The van der Waals surface area contributed by atoms with Crippen molar-refractivity contribution in [3.8, 4) is 0 Å². The average molecular weight is 331 g/mol. The summed E-state index contributed by atoms with van der Waals surface area (Å²) in [5.74, 6) is 0.965. The predicted octanol–water partition coefficient (Wildman–Crippen LogP) is 3.23. The number of amides is 1. The van der Waals surface area contributed by atoms with E-state index in [9.17, 15) is 9.59 Å². The first-order chi connectivity index (χ1) is 11.2. The van der Waals surface area contributed by atoms with E-state index in [1.165, 1.54) is 0 Å². The molecule has 2 heterocycles. The van der Waals surface area contributed by atoms with Gasteiger partial charge in [0, 0.05) is 0 Å². The van der Waals surface area contributed by atoms with E-state index in [0.29, 0.717) is 24.5 Å². The second kappa shape index (κ2) is 6.91. The van der Waals surface area contributed by atoms with E-state index in [1.807, 2.05) is 24.3 Å². The fraction of sp³-hybridized carbons (Fsp3) is 0.294. The van der Waals surface area contributed by atoms with Crippen molar-refractivity contribution in [2.45, 2.75) is 18.8 Å². The fourth-order valence-electron chi connectivity index (χ4n) is 2.47. The highest BCUT2D eigenvalue weighted by Gasteiger charge is 2.33. The highest BCUT2D eigenvalue weighted by molar-refractivity contribution is 8.00. The van der Waals surface area contributed by atoms with Crippen molar-refractivity contribution in [3.05, 3.63) is 59.5 Å². The topological polar surface area (TPSA) is 59.8 Å². The third-order valence-electron chi connectivity index (χ3n) is 3.58. The minimum atomic E-state index is -0.332. The van der Waals surface area contributed by atoms with E-state index in [0.717, 1.165) is 11.3 Å². The van der Waals surface area contributed by atoms with Gasteiger partial charge in [-0.15, -0.1) is 11.8 Å². The molecule has 0 saturated carbocycles. The molecule has 1 unspecified atom stereocenters. The molecular weight excluding hydrogens is 314 g/mol. The fourth-order valence-corrected chi connectivity index (χ4v) is 3.66. The molecule has 6 heteroatoms. The quantitative estimate of drug-likeness (QED) is 0.787. The lowest BCUT2D eigenvalue weighted by Gasteiger charge is -2.23. The Morgan fingerprint density at radius 3 is 2.78 bits per heavy atom. The molecule has 1 atom stereocenters. The molecule has 0 N–H and O–H groups in total. The van der Waals surface area contributed by atoms with E-state index in [-0.39, 0.29) is 17.3 Å². The van der Waals surface area contributed by atoms with Gasteiger partial charge in [-0.3, -0.25) is 4.79 Å². The van der Waals surface area contributed by atoms with Crippen LogP contribution in [0.15, 0.2) is 47.1 Å². The highest BCUT2D eigenvalue weighted by Crippen LogP contribution is 2.39. The van der Waals surface area contributed by atoms with Crippen LogP contribution in [-0.2, 0) is 16.1 Å². The first-order valence-electron chi connectivity index (χ1n) is 7.39. The molecular formula is C17H17NO4S. The summed E-state index contributed by atoms with van der Waals surface area (Å²) in [6.07, 6.45) is 1.60. The predicted molar refractivity (Wildman–Crippen MR) is 86.9 cm³/mol. The van der Waals surface area contributed by atoms with E-state index in [4.69, 9.17) is 9.15 Å². The molecule has 0 spiro atoms. The van der Waals surface area contributed by atoms with Crippen LogP contribution < -0.4 is 0 Å². The molecule has 1 aliphatic heterocycles. The molecule has 1 aromatic heterocycles. The molecule has 3 rings (SSSR count). The first kappa shape index (κ1) is 15.7. The van der Waals surface area contributed by atoms with Crippen molar-refractivity contribution in [1.29, 1.82) is 0 Å². The molecule has 0 bridgehead atoms. The van der Waals surface area contributed by atoms with Crippen LogP contribution in [0.1, 0.15) is 34.0 Å². The number of hydrogen-bond donors (Lipinski definition) is 0. The summed E-state index contributed by atoms with van der Waals surface area (Å²) in [5, 5.41) is -0.0659. The van der Waals surface area contributed by atoms with Crippen molar-refractivity contribution < 1.29 is 18.7 Å². The average Bonchev–Trinajstić information content (AvgIpc) is 3.19. The van der Waals surface area contributed by atoms with Gasteiger partial charge in [-0.05, 0) is 36.8 Å². The van der Waals surface area contributed by atoms with Gasteiger partial charge in [0.1, 0.15) is 11.1 Å². The second-order valence-corrected chi connectivity index (χ2v) is 6.18. The maximum absolute atomic E-state index is 12.1. The Morgan fingerprint density at radius 1 is 1.35 bits per heavy atom. The number of nitrogens with zero attached hydrogens (tertiary/aromatic N) is 1. The third kappa shape index (κ3) is 3.42. The van der Waals surface area contributed by atoms with Crippen LogP contribution in [0.5, 0.6) is 0 Å². The lowest BCUT2D eigenvalue weighted by Crippen LogP contribution is -2.27. The Bertz CT molecular complexity index is 681. The zero-order valence-corrected chi connectivity index (χ0v) is 13.5. The summed E-state index contributed by atoms with van der Waals surface area (Å²) in [6.45, 7) is 2.58. The van der Waals surface area contributed by atoms with Gasteiger partial charge in [0.2, 0.25) is 5.91 Å². The normalized spacial score (nSPS) is 17.5. The molecule has 1 aliphatic rings. The Hall–Kier alpha value is -2.21. The van der Waals surface area contributed by atoms with Crippen molar-refractivity contribution in [3.63, 3.8) is 0 Å². The molecule has 120 valence electrons. The van der Waals surface area contributed by atoms with Gasteiger partial charge >= 0.3 is 5.97 Å². The summed E-state index contributed by atoms with van der Waals surface area (Å²) in [4.78, 5) is 25.6. The Balaban J connectivity index is 1.76. The van der Waals surface area contributed by atoms with Crippen molar-refractivity contribution in [2.75, 3.05) is 12.4 Å². The Morgan fingerprint density at radius 2 is 2.13 bits per heavy atom. The largest absolute Gasteiger partial charge is 0.467 e. The van der Waals surface area contributed by atoms with Crippen LogP contribution in [0.25, 0.3) is 0 Å². The van der Waals surface area contributed by atoms with Gasteiger partial charge in [0.05, 0.1) is 30.7 Å². The van der Waals surface area contributed by atoms with Gasteiger partial charge in [-0.1, -0.05) is 12.1 Å². The summed E-state index contributed by atoms with van der Waals surface area (Å²) < 4.78 is 10.3. The van der Waals surface area contributed by atoms with Crippen LogP contribution >= 0.6 is 11.8 Å². The van der Waals surface area contributed by atoms with Gasteiger partial charge in [0.15, 0.2) is 0 Å². The van der Waals surface area contributed by atoms with E-state index >= 15 is 0 Å². The Kier molecular flexibility index (Phi) is 4.71. The van der Waals surface area contributed by atoms with E-state index in [1.54, 1.807) is 42.0 Å². The molecule has 0 radical (unpaired) electrons. The zero-order chi connectivity index (χ0) is 16.2. The summed E-state index contributed by atoms with van der Waals surface area (Å²) in [7, 11) is 0. The Labute approximate surface area is 138 Å². The monoisotopic (exact) mass is 331 g/mol. The highest BCUT2D eigenvalue weighted by atomic mass is 32.2. The summed E-state index contributed by atoms with van der Waals surface area (Å²) in [5.41, 5.74) is 1.50. The maximum Gasteiger partial charge on any atom is 0.338 e. The molecule has 2 aromatic rings. The molecule has 1 fully saturated rings. The molecule has 23 heavy (non-hydrogen) atoms. The van der Waals surface area contributed by atoms with Crippen LogP contribution in [0.4, 0.5) is 0 Å². The summed E-state index contributed by atoms with van der Waals surface area (Å²) >= 11 is 1.58. The van der Waals surface area contributed by atoms with Crippen LogP contribution in [-0.4, -0.2) is 29.1 Å². The third-order valence-corrected chi connectivity index (χ3v) is 4.84. The first-order valence-corrected chi connectivity index (χ1v) is 8.44. The molecule has 1 amide bonds. The minimum absolute atomic E-state index is 0.0659. The maximum atomic E-state index is 12.1. The van der Waals surface area contributed by atoms with Crippen molar-refractivity contribution >= 4 is 23.6 Å². The lowest BCUT2D eigenvalue weighted by molar-refractivity contribution is -0.128. The summed E-state index contributed by atoms with van der Waals surface area (Å²) in [6, 6.07) is 10.9. The molecule has 5 nitrogen and oxygen atoms in total. The van der Waals surface area contributed by atoms with Gasteiger partial charge < -0.3 is 14.1 Å². The van der Waals surface area contributed by atoms with Crippen LogP contribution in [0, 0.1) is 0 Å². The lowest BCUT2D eigenvalue weighted by atomic mass is 10.1. The standard InChI is InChI=1S/C17H17NO4S/c1-2-21-17(20)13-7-5-12(6-8-13)16-18(15(19)11-23-16)10-14-4-3-9-22-14/h3-9,16H,2,10-11H2,1H3. The second-order valence-electron chi connectivity index (χ2n) is 5.11. The van der Waals surface area contributed by atoms with E-state index in [2.05, 4.69) is 0 Å². The number of furan rings is 1. The molecule has 1 saturated heterocycles. The number of hydrogen-bond acceptors (Lipinski definition) is 5. The number of carbonyl (C=O) groups excluding carboxylic acids is 2. The van der Waals surface area contributed by atoms with Gasteiger partial charge in [0.25, 0.3) is 0 Å². The number of benzene rings is 1. The van der Waals surface area contributed by atoms with Crippen molar-refractivity contribution in [2.24, 2.45) is 0 Å². The zero-order valence-electron chi connectivity index (χ0n) is 12.7. The SMILES string of the molecule is CCOC(=O)c1ccc(C2SCC(=O)N2Cc2ccco2)cc1. The molecule has 0 aliphatic carbocycles. The van der Waals surface area contributed by atoms with E-state index < -0.39 is 0 Å². The number of thioether (sulfide) groups is 1. The number of carbonyl (C=O) groups is 2. The van der Waals surface area contributed by atoms with Gasteiger partial charge in [-0.25, -0.2) is 4.79 Å². The smallest absolute Gasteiger partial charge is 0.338 e. The number of rotatable bonds is 5. The number of esters is 1. The van der Waals surface area contributed by atoms with Gasteiger partial charge in [-0.2, -0.15) is 0 Å². The van der Waals surface area contributed by atoms with Crippen LogP contribution in [0.2, 0.25) is 0 Å². The minimum Gasteiger partial charge on any atom is -0.467 e. The van der Waals surface area contributed by atoms with Crippen molar-refractivity contribution in [1.82, 2.24) is 4.90 Å².